The van der Waals surface area contributed by atoms with Gasteiger partial charge in [-0.1, -0.05) is 0 Å². The summed E-state index contributed by atoms with van der Waals surface area (Å²) in [6.07, 6.45) is -0.126. The van der Waals surface area contributed by atoms with Crippen molar-refractivity contribution in [2.24, 2.45) is 0 Å². The number of rotatable bonds is 5. The van der Waals surface area contributed by atoms with Crippen LogP contribution in [0, 0.1) is 3.57 Å². The molecule has 0 unspecified atom stereocenters. The Balaban J connectivity index is 2.41. The summed E-state index contributed by atoms with van der Waals surface area (Å²) in [6.45, 7) is 0. The van der Waals surface area contributed by atoms with Crippen LogP contribution in [-0.4, -0.2) is 26.3 Å². The number of halogens is 1. The molecule has 1 rings (SSSR count). The van der Waals surface area contributed by atoms with Gasteiger partial charge in [0.25, 0.3) is 0 Å². The minimum Gasteiger partial charge on any atom is -0.355 e. The second-order valence-corrected chi connectivity index (χ2v) is 5.00. The Morgan fingerprint density at radius 2 is 1.79 bits per heavy atom. The third-order valence-corrected chi connectivity index (χ3v) is 3.49. The van der Waals surface area contributed by atoms with E-state index < -0.39 is 0 Å². The van der Waals surface area contributed by atoms with Crippen molar-refractivity contribution in [1.29, 1.82) is 0 Å². The van der Waals surface area contributed by atoms with Crippen LogP contribution >= 0.6 is 34.4 Å². The van der Waals surface area contributed by atoms with Crippen molar-refractivity contribution in [2.45, 2.75) is 11.2 Å². The Labute approximate surface area is 103 Å². The van der Waals surface area contributed by atoms with E-state index >= 15 is 0 Å². The number of hydrogen-bond acceptors (Lipinski definition) is 3. The standard InChI is InChI=1S/C10H13IO2S/c1-12-10(13-2)7-14-9-5-3-8(11)4-6-9/h3-6,10H,7H2,1-2H3. The number of hydrogen-bond donors (Lipinski definition) is 0. The summed E-state index contributed by atoms with van der Waals surface area (Å²) in [7, 11) is 3.31. The van der Waals surface area contributed by atoms with Crippen molar-refractivity contribution < 1.29 is 9.47 Å². The van der Waals surface area contributed by atoms with E-state index in [1.807, 2.05) is 0 Å². The lowest BCUT2D eigenvalue weighted by atomic mass is 10.4. The first-order valence-electron chi connectivity index (χ1n) is 4.20. The summed E-state index contributed by atoms with van der Waals surface area (Å²) < 4.78 is 11.5. The molecule has 1 aromatic carbocycles. The van der Waals surface area contributed by atoms with E-state index in [0.29, 0.717) is 0 Å². The second-order valence-electron chi connectivity index (χ2n) is 2.67. The lowest BCUT2D eigenvalue weighted by molar-refractivity contribution is -0.0842. The van der Waals surface area contributed by atoms with E-state index in [1.54, 1.807) is 26.0 Å². The highest BCUT2D eigenvalue weighted by atomic mass is 127. The zero-order valence-corrected chi connectivity index (χ0v) is 11.2. The summed E-state index contributed by atoms with van der Waals surface area (Å²) in [4.78, 5) is 1.24. The molecule has 0 amide bonds. The summed E-state index contributed by atoms with van der Waals surface area (Å²) in [5.41, 5.74) is 0. The molecule has 0 N–H and O–H groups in total. The molecular formula is C10H13IO2S. The van der Waals surface area contributed by atoms with Crippen LogP contribution in [-0.2, 0) is 9.47 Å². The first kappa shape index (κ1) is 12.3. The third-order valence-electron chi connectivity index (χ3n) is 1.73. The molecule has 0 bridgehead atoms. The molecule has 78 valence electrons. The highest BCUT2D eigenvalue weighted by Crippen LogP contribution is 2.20. The van der Waals surface area contributed by atoms with Crippen molar-refractivity contribution >= 4 is 34.4 Å². The molecule has 0 spiro atoms. The summed E-state index contributed by atoms with van der Waals surface area (Å²) >= 11 is 4.03. The maximum atomic E-state index is 5.10. The van der Waals surface area contributed by atoms with Gasteiger partial charge in [0.05, 0.1) is 0 Å². The first-order valence-corrected chi connectivity index (χ1v) is 6.26. The first-order chi connectivity index (χ1) is 6.76. The fraction of sp³-hybridized carbons (Fsp3) is 0.400. The molecule has 0 heterocycles. The smallest absolute Gasteiger partial charge is 0.166 e. The van der Waals surface area contributed by atoms with Gasteiger partial charge in [-0.05, 0) is 46.9 Å². The van der Waals surface area contributed by atoms with Crippen molar-refractivity contribution in [3.05, 3.63) is 27.8 Å². The van der Waals surface area contributed by atoms with Gasteiger partial charge in [-0.15, -0.1) is 11.8 Å². The molecule has 0 aliphatic carbocycles. The highest BCUT2D eigenvalue weighted by molar-refractivity contribution is 14.1. The zero-order valence-electron chi connectivity index (χ0n) is 8.20. The fourth-order valence-electron chi connectivity index (χ4n) is 0.927. The molecule has 4 heteroatoms. The van der Waals surface area contributed by atoms with Gasteiger partial charge in [-0.25, -0.2) is 0 Å². The minimum absolute atomic E-state index is 0.126. The predicted molar refractivity (Wildman–Crippen MR) is 67.7 cm³/mol. The van der Waals surface area contributed by atoms with E-state index in [0.717, 1.165) is 5.75 Å². The maximum absolute atomic E-state index is 5.10. The molecular weight excluding hydrogens is 311 g/mol. The van der Waals surface area contributed by atoms with Gasteiger partial charge < -0.3 is 9.47 Å². The van der Waals surface area contributed by atoms with E-state index in [1.165, 1.54) is 8.47 Å². The number of thioether (sulfide) groups is 1. The molecule has 0 atom stereocenters. The Hall–Kier alpha value is 0.220. The Morgan fingerprint density at radius 1 is 1.21 bits per heavy atom. The minimum atomic E-state index is -0.126. The molecule has 0 aromatic heterocycles. The van der Waals surface area contributed by atoms with Crippen LogP contribution in [0.2, 0.25) is 0 Å². The number of ether oxygens (including phenoxy) is 2. The molecule has 0 saturated heterocycles. The Kier molecular flexibility index (Phi) is 5.84. The normalized spacial score (nSPS) is 10.9. The van der Waals surface area contributed by atoms with Gasteiger partial charge in [-0.2, -0.15) is 0 Å². The van der Waals surface area contributed by atoms with Crippen LogP contribution in [0.5, 0.6) is 0 Å². The zero-order chi connectivity index (χ0) is 10.4. The summed E-state index contributed by atoms with van der Waals surface area (Å²) in [6, 6.07) is 8.40. The molecule has 0 radical (unpaired) electrons. The lowest BCUT2D eigenvalue weighted by Crippen LogP contribution is -2.15. The van der Waals surface area contributed by atoms with Crippen LogP contribution in [0.15, 0.2) is 29.2 Å². The van der Waals surface area contributed by atoms with Crippen molar-refractivity contribution in [3.63, 3.8) is 0 Å². The van der Waals surface area contributed by atoms with Gasteiger partial charge in [-0.3, -0.25) is 0 Å². The topological polar surface area (TPSA) is 18.5 Å². The monoisotopic (exact) mass is 324 g/mol. The molecule has 0 aliphatic rings. The lowest BCUT2D eigenvalue weighted by Gasteiger charge is -2.12. The third kappa shape index (κ3) is 4.16. The number of methoxy groups -OCH3 is 2. The molecule has 0 saturated carbocycles. The van der Waals surface area contributed by atoms with Crippen LogP contribution in [0.1, 0.15) is 0 Å². The molecule has 14 heavy (non-hydrogen) atoms. The van der Waals surface area contributed by atoms with E-state index in [9.17, 15) is 0 Å². The number of benzene rings is 1. The van der Waals surface area contributed by atoms with E-state index in [2.05, 4.69) is 46.9 Å². The van der Waals surface area contributed by atoms with Crippen LogP contribution in [0.3, 0.4) is 0 Å². The fourth-order valence-corrected chi connectivity index (χ4v) is 2.22. The maximum Gasteiger partial charge on any atom is 0.166 e. The van der Waals surface area contributed by atoms with Crippen LogP contribution in [0.4, 0.5) is 0 Å². The quantitative estimate of drug-likeness (QED) is 0.471. The van der Waals surface area contributed by atoms with Crippen LogP contribution < -0.4 is 0 Å². The van der Waals surface area contributed by atoms with Gasteiger partial charge >= 0.3 is 0 Å². The predicted octanol–water partition coefficient (Wildman–Crippen LogP) is 3.00. The van der Waals surface area contributed by atoms with Gasteiger partial charge in [0.2, 0.25) is 0 Å². The molecule has 2 nitrogen and oxygen atoms in total. The van der Waals surface area contributed by atoms with E-state index in [4.69, 9.17) is 9.47 Å². The Bertz CT molecular complexity index is 259. The summed E-state index contributed by atoms with van der Waals surface area (Å²) in [5, 5.41) is 0. The molecule has 0 fully saturated rings. The van der Waals surface area contributed by atoms with Gasteiger partial charge in [0, 0.05) is 28.4 Å². The average Bonchev–Trinajstić information content (AvgIpc) is 2.22. The second kappa shape index (κ2) is 6.66. The molecule has 1 aromatic rings. The van der Waals surface area contributed by atoms with Crippen molar-refractivity contribution in [1.82, 2.24) is 0 Å². The van der Waals surface area contributed by atoms with Crippen molar-refractivity contribution in [3.8, 4) is 0 Å². The van der Waals surface area contributed by atoms with Crippen molar-refractivity contribution in [2.75, 3.05) is 20.0 Å². The highest BCUT2D eigenvalue weighted by Gasteiger charge is 2.05. The van der Waals surface area contributed by atoms with E-state index in [-0.39, 0.29) is 6.29 Å². The largest absolute Gasteiger partial charge is 0.355 e. The van der Waals surface area contributed by atoms with Gasteiger partial charge in [0.1, 0.15) is 0 Å². The Morgan fingerprint density at radius 3 is 2.29 bits per heavy atom. The van der Waals surface area contributed by atoms with Crippen LogP contribution in [0.25, 0.3) is 0 Å². The van der Waals surface area contributed by atoms with Gasteiger partial charge in [0.15, 0.2) is 6.29 Å². The SMILES string of the molecule is COC(CSc1ccc(I)cc1)OC. The summed E-state index contributed by atoms with van der Waals surface area (Å²) in [5.74, 6) is 0.813. The average molecular weight is 324 g/mol. The molecule has 0 aliphatic heterocycles.